The van der Waals surface area contributed by atoms with Crippen molar-refractivity contribution >= 4 is 22.8 Å². The first-order valence-corrected chi connectivity index (χ1v) is 12.0. The summed E-state index contributed by atoms with van der Waals surface area (Å²) in [4.78, 5) is 28.9. The van der Waals surface area contributed by atoms with Gasteiger partial charge in [0.25, 0.3) is 0 Å². The Bertz CT molecular complexity index is 1190. The molecule has 1 N–H and O–H groups in total. The van der Waals surface area contributed by atoms with Gasteiger partial charge in [-0.15, -0.1) is 5.10 Å². The maximum Gasteiger partial charge on any atom is 0.247 e. The lowest BCUT2D eigenvalue weighted by molar-refractivity contribution is -0.144. The van der Waals surface area contributed by atoms with E-state index < -0.39 is 23.3 Å². The van der Waals surface area contributed by atoms with Crippen LogP contribution in [0.2, 0.25) is 0 Å². The topological polar surface area (TPSA) is 89.4 Å². The van der Waals surface area contributed by atoms with E-state index >= 15 is 4.39 Å². The zero-order valence-corrected chi connectivity index (χ0v) is 20.4. The van der Waals surface area contributed by atoms with Crippen LogP contribution in [0.4, 0.5) is 4.39 Å². The molecule has 0 unspecified atom stereocenters. The van der Waals surface area contributed by atoms with Gasteiger partial charge in [-0.3, -0.25) is 9.59 Å². The molecule has 0 radical (unpaired) electrons. The van der Waals surface area contributed by atoms with E-state index in [1.165, 1.54) is 15.6 Å². The summed E-state index contributed by atoms with van der Waals surface area (Å²) in [6, 6.07) is 12.3. The largest absolute Gasteiger partial charge is 0.376 e. The van der Waals surface area contributed by atoms with Crippen LogP contribution in [0.5, 0.6) is 0 Å². The molecule has 0 bridgehead atoms. The Kier molecular flexibility index (Phi) is 7.45. The van der Waals surface area contributed by atoms with E-state index in [-0.39, 0.29) is 30.7 Å². The minimum atomic E-state index is -1.16. The third kappa shape index (κ3) is 5.67. The summed E-state index contributed by atoms with van der Waals surface area (Å²) in [5, 5.41) is 11.3. The summed E-state index contributed by atoms with van der Waals surface area (Å²) < 4.78 is 22.4. The van der Waals surface area contributed by atoms with E-state index in [1.807, 2.05) is 45.0 Å². The number of hydrogen-bond acceptors (Lipinski definition) is 5. The second-order valence-corrected chi connectivity index (χ2v) is 9.57. The highest BCUT2D eigenvalue weighted by Gasteiger charge is 2.37. The van der Waals surface area contributed by atoms with Crippen molar-refractivity contribution in [2.24, 2.45) is 0 Å². The molecule has 0 spiro atoms. The Labute approximate surface area is 204 Å². The monoisotopic (exact) mass is 481 g/mol. The second-order valence-electron chi connectivity index (χ2n) is 9.57. The fourth-order valence-corrected chi connectivity index (χ4v) is 4.25. The number of amides is 2. The molecule has 1 fully saturated rings. The zero-order chi connectivity index (χ0) is 25.0. The third-order valence-electron chi connectivity index (χ3n) is 6.56. The molecule has 186 valence electrons. The number of carbonyl (C=O) groups is 2. The molecule has 2 atom stereocenters. The first-order valence-electron chi connectivity index (χ1n) is 12.0. The molecule has 4 rings (SSSR count). The molecule has 1 saturated heterocycles. The Hall–Kier alpha value is -3.33. The molecule has 2 heterocycles. The standard InChI is InChI=1S/C26H32FN5O3/c1-4-26(2,3)28-25(34)24(19-11-5-6-12-20(19)27)31(16-18-10-9-15-35-18)23(33)17-32-22-14-8-7-13-21(22)29-30-32/h5-8,11-14,18,24H,4,9-10,15-17H2,1-3H3,(H,28,34)/t18-,24-/m1/s1. The molecule has 8 nitrogen and oxygen atoms in total. The maximum absolute atomic E-state index is 15.1. The van der Waals surface area contributed by atoms with Gasteiger partial charge in [0.15, 0.2) is 0 Å². The van der Waals surface area contributed by atoms with E-state index in [1.54, 1.807) is 18.2 Å². The minimum absolute atomic E-state index is 0.136. The maximum atomic E-state index is 15.1. The van der Waals surface area contributed by atoms with Crippen molar-refractivity contribution in [1.82, 2.24) is 25.2 Å². The smallest absolute Gasteiger partial charge is 0.247 e. The third-order valence-corrected chi connectivity index (χ3v) is 6.56. The molecular formula is C26H32FN5O3. The van der Waals surface area contributed by atoms with E-state index in [2.05, 4.69) is 15.6 Å². The van der Waals surface area contributed by atoms with Gasteiger partial charge in [0.05, 0.1) is 11.6 Å². The summed E-state index contributed by atoms with van der Waals surface area (Å²) >= 11 is 0. The van der Waals surface area contributed by atoms with Crippen LogP contribution in [-0.2, 0) is 20.9 Å². The molecule has 0 aliphatic carbocycles. The molecule has 1 aliphatic heterocycles. The second kappa shape index (κ2) is 10.5. The predicted octanol–water partition coefficient (Wildman–Crippen LogP) is 3.62. The van der Waals surface area contributed by atoms with E-state index in [9.17, 15) is 9.59 Å². The van der Waals surface area contributed by atoms with Crippen LogP contribution in [-0.4, -0.2) is 56.5 Å². The van der Waals surface area contributed by atoms with Gasteiger partial charge in [-0.05, 0) is 51.3 Å². The molecule has 2 amide bonds. The van der Waals surface area contributed by atoms with Crippen molar-refractivity contribution in [3.05, 3.63) is 59.9 Å². The summed E-state index contributed by atoms with van der Waals surface area (Å²) in [6.45, 7) is 6.39. The summed E-state index contributed by atoms with van der Waals surface area (Å²) in [6.07, 6.45) is 2.09. The van der Waals surface area contributed by atoms with E-state index in [0.717, 1.165) is 12.8 Å². The van der Waals surface area contributed by atoms with E-state index in [4.69, 9.17) is 4.74 Å². The zero-order valence-electron chi connectivity index (χ0n) is 20.4. The van der Waals surface area contributed by atoms with Crippen molar-refractivity contribution in [2.45, 2.75) is 64.3 Å². The minimum Gasteiger partial charge on any atom is -0.376 e. The molecule has 0 saturated carbocycles. The van der Waals surface area contributed by atoms with Gasteiger partial charge >= 0.3 is 0 Å². The molecule has 35 heavy (non-hydrogen) atoms. The van der Waals surface area contributed by atoms with Gasteiger partial charge in [-0.1, -0.05) is 42.5 Å². The number of fused-ring (bicyclic) bond motifs is 1. The SMILES string of the molecule is CCC(C)(C)NC(=O)[C@@H](c1ccccc1F)N(C[C@H]1CCCO1)C(=O)Cn1nnc2ccccc21. The van der Waals surface area contributed by atoms with Gasteiger partial charge in [0.2, 0.25) is 11.8 Å². The average Bonchev–Trinajstić information content (AvgIpc) is 3.50. The normalized spacial score (nSPS) is 16.9. The van der Waals surface area contributed by atoms with Crippen LogP contribution in [0.25, 0.3) is 11.0 Å². The van der Waals surface area contributed by atoms with Crippen molar-refractivity contribution in [1.29, 1.82) is 0 Å². The molecule has 3 aromatic rings. The fraction of sp³-hybridized carbons (Fsp3) is 0.462. The van der Waals surface area contributed by atoms with Crippen molar-refractivity contribution < 1.29 is 18.7 Å². The van der Waals surface area contributed by atoms with Gasteiger partial charge in [0, 0.05) is 24.3 Å². The molecule has 1 aromatic heterocycles. The lowest BCUT2D eigenvalue weighted by Crippen LogP contribution is -2.52. The Morgan fingerprint density at radius 2 is 1.97 bits per heavy atom. The highest BCUT2D eigenvalue weighted by molar-refractivity contribution is 5.89. The number of nitrogens with zero attached hydrogens (tertiary/aromatic N) is 4. The van der Waals surface area contributed by atoms with Gasteiger partial charge < -0.3 is 15.0 Å². The van der Waals surface area contributed by atoms with Crippen molar-refractivity contribution in [3.8, 4) is 0 Å². The predicted molar refractivity (Wildman–Crippen MR) is 130 cm³/mol. The van der Waals surface area contributed by atoms with Crippen LogP contribution < -0.4 is 5.32 Å². The highest BCUT2D eigenvalue weighted by atomic mass is 19.1. The average molecular weight is 482 g/mol. The quantitative estimate of drug-likeness (QED) is 0.504. The van der Waals surface area contributed by atoms with E-state index in [0.29, 0.717) is 24.1 Å². The Morgan fingerprint density at radius 1 is 1.23 bits per heavy atom. The Morgan fingerprint density at radius 3 is 2.69 bits per heavy atom. The number of aromatic nitrogens is 3. The highest BCUT2D eigenvalue weighted by Crippen LogP contribution is 2.28. The van der Waals surface area contributed by atoms with Crippen LogP contribution in [0, 0.1) is 5.82 Å². The number of halogens is 1. The van der Waals surface area contributed by atoms with Crippen LogP contribution >= 0.6 is 0 Å². The van der Waals surface area contributed by atoms with Crippen molar-refractivity contribution in [3.63, 3.8) is 0 Å². The first kappa shape index (κ1) is 24.8. The van der Waals surface area contributed by atoms with Gasteiger partial charge in [-0.2, -0.15) is 0 Å². The molecule has 2 aromatic carbocycles. The molecule has 9 heteroatoms. The number of benzene rings is 2. The summed E-state index contributed by atoms with van der Waals surface area (Å²) in [5.41, 5.74) is 0.990. The Balaban J connectivity index is 1.72. The lowest BCUT2D eigenvalue weighted by Gasteiger charge is -2.35. The van der Waals surface area contributed by atoms with Crippen LogP contribution in [0.1, 0.15) is 51.6 Å². The van der Waals surface area contributed by atoms with Crippen LogP contribution in [0.3, 0.4) is 0 Å². The lowest BCUT2D eigenvalue weighted by atomic mass is 9.98. The molecule has 1 aliphatic rings. The fourth-order valence-electron chi connectivity index (χ4n) is 4.25. The summed E-state index contributed by atoms with van der Waals surface area (Å²) in [5.74, 6) is -1.34. The van der Waals surface area contributed by atoms with Crippen molar-refractivity contribution in [2.75, 3.05) is 13.2 Å². The number of ether oxygens (including phenoxy) is 1. The number of carbonyl (C=O) groups excluding carboxylic acids is 2. The number of para-hydroxylation sites is 1. The number of nitrogens with one attached hydrogen (secondary N) is 1. The van der Waals surface area contributed by atoms with Gasteiger partial charge in [-0.25, -0.2) is 9.07 Å². The number of hydrogen-bond donors (Lipinski definition) is 1. The first-order chi connectivity index (χ1) is 16.8. The summed E-state index contributed by atoms with van der Waals surface area (Å²) in [7, 11) is 0. The molecular weight excluding hydrogens is 449 g/mol. The van der Waals surface area contributed by atoms with Gasteiger partial charge in [0.1, 0.15) is 23.9 Å². The van der Waals surface area contributed by atoms with Crippen LogP contribution in [0.15, 0.2) is 48.5 Å². The number of rotatable bonds is 9.